The SMILES string of the molecule is Cc1ccsc1CN(C)Cc1cccc(Cl)c1. The molecule has 0 aliphatic carbocycles. The first-order valence-corrected chi connectivity index (χ1v) is 6.87. The lowest BCUT2D eigenvalue weighted by atomic mass is 10.2. The molecule has 1 aromatic heterocycles. The molecule has 1 nitrogen and oxygen atoms in total. The summed E-state index contributed by atoms with van der Waals surface area (Å²) in [6, 6.07) is 10.2. The monoisotopic (exact) mass is 265 g/mol. The molecule has 0 atom stereocenters. The van der Waals surface area contributed by atoms with Crippen LogP contribution >= 0.6 is 22.9 Å². The minimum atomic E-state index is 0.809. The highest BCUT2D eigenvalue weighted by Crippen LogP contribution is 2.19. The third kappa shape index (κ3) is 3.56. The van der Waals surface area contributed by atoms with Gasteiger partial charge in [-0.15, -0.1) is 11.3 Å². The van der Waals surface area contributed by atoms with Gasteiger partial charge in [0.25, 0.3) is 0 Å². The second-order valence-electron chi connectivity index (χ2n) is 4.33. The Morgan fingerprint density at radius 3 is 2.71 bits per heavy atom. The minimum Gasteiger partial charge on any atom is -0.297 e. The third-order valence-corrected chi connectivity index (χ3v) is 3.97. The first-order chi connectivity index (χ1) is 8.15. The average Bonchev–Trinajstić information content (AvgIpc) is 2.64. The molecule has 3 heteroatoms. The summed E-state index contributed by atoms with van der Waals surface area (Å²) in [6.07, 6.45) is 0. The zero-order valence-corrected chi connectivity index (χ0v) is 11.7. The molecule has 17 heavy (non-hydrogen) atoms. The van der Waals surface area contributed by atoms with Crippen LogP contribution < -0.4 is 0 Å². The van der Waals surface area contributed by atoms with E-state index in [4.69, 9.17) is 11.6 Å². The van der Waals surface area contributed by atoms with Crippen molar-refractivity contribution < 1.29 is 0 Å². The summed E-state index contributed by atoms with van der Waals surface area (Å²) in [7, 11) is 2.14. The Labute approximate surface area is 112 Å². The summed E-state index contributed by atoms with van der Waals surface area (Å²) in [4.78, 5) is 3.75. The fraction of sp³-hybridized carbons (Fsp3) is 0.286. The first-order valence-electron chi connectivity index (χ1n) is 5.61. The molecule has 0 fully saturated rings. The molecule has 90 valence electrons. The second-order valence-corrected chi connectivity index (χ2v) is 5.77. The van der Waals surface area contributed by atoms with E-state index >= 15 is 0 Å². The van der Waals surface area contributed by atoms with Crippen molar-refractivity contribution in [3.05, 3.63) is 56.7 Å². The summed E-state index contributed by atoms with van der Waals surface area (Å²) >= 11 is 7.80. The predicted molar refractivity (Wildman–Crippen MR) is 75.7 cm³/mol. The molecule has 2 rings (SSSR count). The topological polar surface area (TPSA) is 3.24 Å². The number of thiophene rings is 1. The van der Waals surface area contributed by atoms with Gasteiger partial charge in [0.1, 0.15) is 0 Å². The van der Waals surface area contributed by atoms with Crippen LogP contribution in [0.25, 0.3) is 0 Å². The van der Waals surface area contributed by atoms with E-state index in [1.165, 1.54) is 16.0 Å². The molecule has 1 aromatic carbocycles. The smallest absolute Gasteiger partial charge is 0.0409 e. The molecular formula is C14H16ClNS. The van der Waals surface area contributed by atoms with Crippen molar-refractivity contribution in [1.29, 1.82) is 0 Å². The van der Waals surface area contributed by atoms with Gasteiger partial charge in [-0.05, 0) is 48.7 Å². The van der Waals surface area contributed by atoms with Crippen LogP contribution in [0.4, 0.5) is 0 Å². The van der Waals surface area contributed by atoms with E-state index in [0.29, 0.717) is 0 Å². The van der Waals surface area contributed by atoms with E-state index in [-0.39, 0.29) is 0 Å². The van der Waals surface area contributed by atoms with Gasteiger partial charge in [-0.3, -0.25) is 4.90 Å². The highest BCUT2D eigenvalue weighted by molar-refractivity contribution is 7.10. The standard InChI is InChI=1S/C14H16ClNS/c1-11-6-7-17-14(11)10-16(2)9-12-4-3-5-13(15)8-12/h3-8H,9-10H2,1-2H3. The normalized spacial score (nSPS) is 11.1. The van der Waals surface area contributed by atoms with Gasteiger partial charge in [-0.2, -0.15) is 0 Å². The number of hydrogen-bond donors (Lipinski definition) is 0. The van der Waals surface area contributed by atoms with Crippen LogP contribution in [0, 0.1) is 6.92 Å². The lowest BCUT2D eigenvalue weighted by molar-refractivity contribution is 0.321. The lowest BCUT2D eigenvalue weighted by Gasteiger charge is -2.16. The maximum atomic E-state index is 5.98. The molecule has 0 N–H and O–H groups in total. The number of rotatable bonds is 4. The maximum absolute atomic E-state index is 5.98. The fourth-order valence-electron chi connectivity index (χ4n) is 1.81. The van der Waals surface area contributed by atoms with Crippen molar-refractivity contribution >= 4 is 22.9 Å². The molecule has 0 saturated heterocycles. The van der Waals surface area contributed by atoms with E-state index < -0.39 is 0 Å². The van der Waals surface area contributed by atoms with Crippen molar-refractivity contribution in [2.24, 2.45) is 0 Å². The minimum absolute atomic E-state index is 0.809. The van der Waals surface area contributed by atoms with Gasteiger partial charge >= 0.3 is 0 Å². The van der Waals surface area contributed by atoms with Crippen LogP contribution in [0.5, 0.6) is 0 Å². The van der Waals surface area contributed by atoms with Gasteiger partial charge in [-0.25, -0.2) is 0 Å². The largest absolute Gasteiger partial charge is 0.297 e. The van der Waals surface area contributed by atoms with E-state index in [1.54, 1.807) is 0 Å². The summed E-state index contributed by atoms with van der Waals surface area (Å²) in [5.74, 6) is 0. The van der Waals surface area contributed by atoms with Crippen LogP contribution in [0.1, 0.15) is 16.0 Å². The first kappa shape index (κ1) is 12.6. The molecule has 0 radical (unpaired) electrons. The number of nitrogens with zero attached hydrogens (tertiary/aromatic N) is 1. The van der Waals surface area contributed by atoms with Gasteiger partial charge in [0.2, 0.25) is 0 Å². The predicted octanol–water partition coefficient (Wildman–Crippen LogP) is 4.34. The van der Waals surface area contributed by atoms with Crippen molar-refractivity contribution in [2.75, 3.05) is 7.05 Å². The lowest BCUT2D eigenvalue weighted by Crippen LogP contribution is -2.16. The number of benzene rings is 1. The summed E-state index contributed by atoms with van der Waals surface area (Å²) in [6.45, 7) is 4.09. The molecule has 1 heterocycles. The van der Waals surface area contributed by atoms with E-state index in [2.05, 4.69) is 36.4 Å². The van der Waals surface area contributed by atoms with Crippen molar-refractivity contribution in [2.45, 2.75) is 20.0 Å². The van der Waals surface area contributed by atoms with Gasteiger partial charge in [0.15, 0.2) is 0 Å². The van der Waals surface area contributed by atoms with Crippen LogP contribution in [0.2, 0.25) is 5.02 Å². The zero-order chi connectivity index (χ0) is 12.3. The van der Waals surface area contributed by atoms with E-state index in [9.17, 15) is 0 Å². The third-order valence-electron chi connectivity index (χ3n) is 2.72. The van der Waals surface area contributed by atoms with Crippen LogP contribution in [-0.2, 0) is 13.1 Å². The second kappa shape index (κ2) is 5.67. The van der Waals surface area contributed by atoms with Gasteiger partial charge in [0.05, 0.1) is 0 Å². The molecular weight excluding hydrogens is 250 g/mol. The van der Waals surface area contributed by atoms with Crippen molar-refractivity contribution in [3.63, 3.8) is 0 Å². The van der Waals surface area contributed by atoms with Crippen LogP contribution in [0.3, 0.4) is 0 Å². The summed E-state index contributed by atoms with van der Waals surface area (Å²) in [5.41, 5.74) is 2.64. The Bertz CT molecular complexity index is 492. The quantitative estimate of drug-likeness (QED) is 0.795. The Morgan fingerprint density at radius 1 is 1.24 bits per heavy atom. The molecule has 0 aliphatic rings. The highest BCUT2D eigenvalue weighted by Gasteiger charge is 2.05. The Morgan fingerprint density at radius 2 is 2.06 bits per heavy atom. The molecule has 0 aliphatic heterocycles. The van der Waals surface area contributed by atoms with E-state index in [0.717, 1.165) is 18.1 Å². The number of halogens is 1. The van der Waals surface area contributed by atoms with Crippen LogP contribution in [0.15, 0.2) is 35.7 Å². The molecule has 0 spiro atoms. The summed E-state index contributed by atoms with van der Waals surface area (Å²) in [5, 5.41) is 2.96. The molecule has 0 saturated carbocycles. The number of hydrogen-bond acceptors (Lipinski definition) is 2. The maximum Gasteiger partial charge on any atom is 0.0409 e. The fourth-order valence-corrected chi connectivity index (χ4v) is 3.01. The number of aryl methyl sites for hydroxylation is 1. The van der Waals surface area contributed by atoms with Crippen molar-refractivity contribution in [3.8, 4) is 0 Å². The Hall–Kier alpha value is -0.830. The van der Waals surface area contributed by atoms with Gasteiger partial charge in [0, 0.05) is 23.0 Å². The molecule has 0 amide bonds. The zero-order valence-electron chi connectivity index (χ0n) is 10.1. The van der Waals surface area contributed by atoms with Gasteiger partial charge < -0.3 is 0 Å². The summed E-state index contributed by atoms with van der Waals surface area (Å²) < 4.78 is 0. The van der Waals surface area contributed by atoms with Crippen molar-refractivity contribution in [1.82, 2.24) is 4.90 Å². The van der Waals surface area contributed by atoms with Crippen LogP contribution in [-0.4, -0.2) is 11.9 Å². The molecule has 0 bridgehead atoms. The molecule has 2 aromatic rings. The Kier molecular flexibility index (Phi) is 4.21. The molecule has 0 unspecified atom stereocenters. The van der Waals surface area contributed by atoms with Gasteiger partial charge in [-0.1, -0.05) is 23.7 Å². The Balaban J connectivity index is 1.98. The average molecular weight is 266 g/mol. The highest BCUT2D eigenvalue weighted by atomic mass is 35.5. The van der Waals surface area contributed by atoms with E-state index in [1.807, 2.05) is 29.5 Å².